The summed E-state index contributed by atoms with van der Waals surface area (Å²) in [6.45, 7) is 2.12. The first-order valence-electron chi connectivity index (χ1n) is 9.73. The van der Waals surface area contributed by atoms with E-state index < -0.39 is 0 Å². The Balaban J connectivity index is 1.37. The van der Waals surface area contributed by atoms with Crippen molar-refractivity contribution in [1.82, 2.24) is 14.6 Å². The largest absolute Gasteiger partial charge is 0.487 e. The molecule has 6 nitrogen and oxygen atoms in total. The SMILES string of the molecule is Cc1oc2nc(-c3ccccc3Cl)nn2c1COc1cccc(Oc2ccccc2)c1. The lowest BCUT2D eigenvalue weighted by molar-refractivity contribution is 0.295. The topological polar surface area (TPSA) is 61.8 Å². The molecule has 3 aromatic carbocycles. The molecule has 154 valence electrons. The number of halogens is 1. The summed E-state index contributed by atoms with van der Waals surface area (Å²) in [5, 5.41) is 5.16. The number of aryl methyl sites for hydroxylation is 1. The summed E-state index contributed by atoms with van der Waals surface area (Å²) in [4.78, 5) is 4.47. The Hall–Kier alpha value is -3.77. The molecular formula is C24H18ClN3O3. The van der Waals surface area contributed by atoms with Crippen molar-refractivity contribution in [2.24, 2.45) is 0 Å². The Morgan fingerprint density at radius 1 is 0.903 bits per heavy atom. The molecule has 0 saturated heterocycles. The second-order valence-electron chi connectivity index (χ2n) is 6.89. The first-order valence-corrected chi connectivity index (χ1v) is 10.1. The molecule has 31 heavy (non-hydrogen) atoms. The lowest BCUT2D eigenvalue weighted by Gasteiger charge is -2.09. The summed E-state index contributed by atoms with van der Waals surface area (Å²) >= 11 is 6.28. The molecule has 0 unspecified atom stereocenters. The molecule has 0 N–H and O–H groups in total. The third-order valence-electron chi connectivity index (χ3n) is 4.76. The van der Waals surface area contributed by atoms with Crippen LogP contribution in [-0.4, -0.2) is 14.6 Å². The zero-order valence-corrected chi connectivity index (χ0v) is 17.4. The number of para-hydroxylation sites is 1. The molecule has 0 aliphatic rings. The van der Waals surface area contributed by atoms with Crippen LogP contribution in [0.4, 0.5) is 0 Å². The summed E-state index contributed by atoms with van der Waals surface area (Å²) in [6.07, 6.45) is 0. The quantitative estimate of drug-likeness (QED) is 0.314. The van der Waals surface area contributed by atoms with Crippen LogP contribution in [0.3, 0.4) is 0 Å². The molecule has 0 bridgehead atoms. The van der Waals surface area contributed by atoms with Gasteiger partial charge in [-0.05, 0) is 43.3 Å². The Labute approximate surface area is 183 Å². The van der Waals surface area contributed by atoms with Gasteiger partial charge in [0.15, 0.2) is 5.82 Å². The molecule has 5 rings (SSSR count). The van der Waals surface area contributed by atoms with Crippen molar-refractivity contribution in [3.63, 3.8) is 0 Å². The van der Waals surface area contributed by atoms with E-state index in [0.29, 0.717) is 34.0 Å². The van der Waals surface area contributed by atoms with E-state index in [0.717, 1.165) is 17.0 Å². The number of benzene rings is 3. The van der Waals surface area contributed by atoms with Gasteiger partial charge in [-0.1, -0.05) is 48.0 Å². The Kier molecular flexibility index (Phi) is 5.06. The summed E-state index contributed by atoms with van der Waals surface area (Å²) in [7, 11) is 0. The Morgan fingerprint density at radius 3 is 2.48 bits per heavy atom. The smallest absolute Gasteiger partial charge is 0.325 e. The number of nitrogens with zero attached hydrogens (tertiary/aromatic N) is 3. The average molecular weight is 432 g/mol. The van der Waals surface area contributed by atoms with Gasteiger partial charge < -0.3 is 13.9 Å². The highest BCUT2D eigenvalue weighted by molar-refractivity contribution is 6.33. The van der Waals surface area contributed by atoms with Crippen molar-refractivity contribution in [2.45, 2.75) is 13.5 Å². The first kappa shape index (κ1) is 19.2. The van der Waals surface area contributed by atoms with Crippen LogP contribution in [0.1, 0.15) is 11.5 Å². The van der Waals surface area contributed by atoms with Crippen molar-refractivity contribution < 1.29 is 13.9 Å². The molecule has 0 saturated carbocycles. The van der Waals surface area contributed by atoms with Crippen molar-refractivity contribution >= 4 is 17.4 Å². The molecule has 0 aliphatic carbocycles. The second kappa shape index (κ2) is 8.16. The number of ether oxygens (including phenoxy) is 2. The molecular weight excluding hydrogens is 414 g/mol. The van der Waals surface area contributed by atoms with E-state index in [2.05, 4.69) is 10.1 Å². The van der Waals surface area contributed by atoms with Crippen LogP contribution in [-0.2, 0) is 6.61 Å². The van der Waals surface area contributed by atoms with Gasteiger partial charge in [-0.25, -0.2) is 0 Å². The zero-order chi connectivity index (χ0) is 21.2. The summed E-state index contributed by atoms with van der Waals surface area (Å²) in [5.74, 6) is 3.73. The van der Waals surface area contributed by atoms with Crippen LogP contribution in [0.2, 0.25) is 5.02 Å². The second-order valence-corrected chi connectivity index (χ2v) is 7.30. The summed E-state index contributed by atoms with van der Waals surface area (Å²) < 4.78 is 19.3. The fraction of sp³-hybridized carbons (Fsp3) is 0.0833. The maximum atomic E-state index is 6.28. The minimum absolute atomic E-state index is 0.263. The van der Waals surface area contributed by atoms with Gasteiger partial charge in [0.05, 0.1) is 5.02 Å². The molecule has 0 spiro atoms. The van der Waals surface area contributed by atoms with Crippen molar-refractivity contribution in [2.75, 3.05) is 0 Å². The average Bonchev–Trinajstić information content (AvgIpc) is 3.30. The third-order valence-corrected chi connectivity index (χ3v) is 5.09. The molecule has 0 amide bonds. The summed E-state index contributed by atoms with van der Waals surface area (Å²) in [6, 6.07) is 24.5. The highest BCUT2D eigenvalue weighted by atomic mass is 35.5. The zero-order valence-electron chi connectivity index (χ0n) is 16.7. The first-order chi connectivity index (χ1) is 15.2. The van der Waals surface area contributed by atoms with Gasteiger partial charge in [0.1, 0.15) is 35.3 Å². The van der Waals surface area contributed by atoms with Crippen molar-refractivity contribution in [1.29, 1.82) is 0 Å². The number of aromatic nitrogens is 3. The molecule has 5 aromatic rings. The molecule has 0 radical (unpaired) electrons. The number of rotatable bonds is 6. The van der Waals surface area contributed by atoms with Gasteiger partial charge in [0.25, 0.3) is 0 Å². The maximum Gasteiger partial charge on any atom is 0.325 e. The fourth-order valence-electron chi connectivity index (χ4n) is 3.21. The van der Waals surface area contributed by atoms with Gasteiger partial charge in [0, 0.05) is 11.6 Å². The minimum Gasteiger partial charge on any atom is -0.487 e. The van der Waals surface area contributed by atoms with E-state index >= 15 is 0 Å². The van der Waals surface area contributed by atoms with E-state index in [4.69, 9.17) is 25.5 Å². The number of fused-ring (bicyclic) bond motifs is 1. The van der Waals surface area contributed by atoms with Gasteiger partial charge in [0.2, 0.25) is 0 Å². The van der Waals surface area contributed by atoms with Crippen LogP contribution >= 0.6 is 11.6 Å². The molecule has 0 fully saturated rings. The van der Waals surface area contributed by atoms with Gasteiger partial charge in [-0.2, -0.15) is 9.50 Å². The number of oxazole rings is 1. The number of hydrogen-bond acceptors (Lipinski definition) is 5. The van der Waals surface area contributed by atoms with Crippen LogP contribution < -0.4 is 9.47 Å². The van der Waals surface area contributed by atoms with Crippen LogP contribution in [0, 0.1) is 6.92 Å². The number of hydrogen-bond donors (Lipinski definition) is 0. The molecule has 0 atom stereocenters. The maximum absolute atomic E-state index is 6.28. The highest BCUT2D eigenvalue weighted by Gasteiger charge is 2.18. The van der Waals surface area contributed by atoms with Crippen molar-refractivity contribution in [3.8, 4) is 28.6 Å². The normalized spacial score (nSPS) is 11.0. The lowest BCUT2D eigenvalue weighted by atomic mass is 10.2. The predicted octanol–water partition coefficient (Wildman–Crippen LogP) is 6.32. The predicted molar refractivity (Wildman–Crippen MR) is 118 cm³/mol. The molecule has 2 aromatic heterocycles. The van der Waals surface area contributed by atoms with Crippen molar-refractivity contribution in [3.05, 3.63) is 95.3 Å². The van der Waals surface area contributed by atoms with Gasteiger partial charge >= 0.3 is 5.84 Å². The van der Waals surface area contributed by atoms with E-state index in [9.17, 15) is 0 Å². The van der Waals surface area contributed by atoms with E-state index in [1.165, 1.54) is 0 Å². The van der Waals surface area contributed by atoms with E-state index in [-0.39, 0.29) is 6.61 Å². The molecule has 2 heterocycles. The molecule has 7 heteroatoms. The van der Waals surface area contributed by atoms with E-state index in [1.54, 1.807) is 10.6 Å². The monoisotopic (exact) mass is 431 g/mol. The lowest BCUT2D eigenvalue weighted by Crippen LogP contribution is -2.02. The van der Waals surface area contributed by atoms with E-state index in [1.807, 2.05) is 79.7 Å². The third kappa shape index (κ3) is 3.98. The fourth-order valence-corrected chi connectivity index (χ4v) is 3.43. The van der Waals surface area contributed by atoms with Crippen LogP contribution in [0.5, 0.6) is 17.2 Å². The standard InChI is InChI=1S/C24H18ClN3O3/c1-16-22(28-24(30-16)26-23(27-28)20-12-5-6-13-21(20)25)15-29-18-10-7-11-19(14-18)31-17-8-3-2-4-9-17/h2-14H,15H2,1H3. The summed E-state index contributed by atoms with van der Waals surface area (Å²) in [5.41, 5.74) is 1.52. The van der Waals surface area contributed by atoms with Crippen LogP contribution in [0.25, 0.3) is 17.2 Å². The van der Waals surface area contributed by atoms with Gasteiger partial charge in [-0.15, -0.1) is 5.10 Å². The Morgan fingerprint density at radius 2 is 1.65 bits per heavy atom. The highest BCUT2D eigenvalue weighted by Crippen LogP contribution is 2.28. The molecule has 0 aliphatic heterocycles. The minimum atomic E-state index is 0.263. The van der Waals surface area contributed by atoms with Crippen LogP contribution in [0.15, 0.2) is 83.3 Å². The Bertz CT molecular complexity index is 1340. The van der Waals surface area contributed by atoms with Gasteiger partial charge in [-0.3, -0.25) is 0 Å².